The second kappa shape index (κ2) is 6.90. The number of ketones is 1. The molecule has 0 heterocycles. The van der Waals surface area contributed by atoms with Crippen molar-refractivity contribution in [2.45, 2.75) is 91.4 Å². The van der Waals surface area contributed by atoms with Crippen molar-refractivity contribution >= 4 is 5.78 Å². The van der Waals surface area contributed by atoms with Crippen molar-refractivity contribution in [1.29, 1.82) is 0 Å². The smallest absolute Gasteiger partial charge is 0.139 e. The molecular formula is C24H41NO. The molecule has 0 saturated heterocycles. The zero-order valence-corrected chi connectivity index (χ0v) is 17.4. The van der Waals surface area contributed by atoms with Crippen molar-refractivity contribution < 1.29 is 4.79 Å². The van der Waals surface area contributed by atoms with Gasteiger partial charge in [0.05, 0.1) is 0 Å². The predicted octanol–water partition coefficient (Wildman–Crippen LogP) is 5.59. The molecule has 26 heavy (non-hydrogen) atoms. The molecule has 4 aliphatic rings. The number of rotatable bonds is 4. The summed E-state index contributed by atoms with van der Waals surface area (Å²) in [6.45, 7) is 8.23. The number of Topliss-reactive ketones (excluding diaryl/α,β-unsaturated/α-hetero) is 1. The highest BCUT2D eigenvalue weighted by Crippen LogP contribution is 2.68. The average molecular weight is 360 g/mol. The lowest BCUT2D eigenvalue weighted by molar-refractivity contribution is -0.167. The first kappa shape index (κ1) is 19.0. The summed E-state index contributed by atoms with van der Waals surface area (Å²) < 4.78 is 0. The van der Waals surface area contributed by atoms with Crippen LogP contribution in [0.15, 0.2) is 0 Å². The quantitative estimate of drug-likeness (QED) is 0.711. The second-order valence-electron chi connectivity index (χ2n) is 10.8. The van der Waals surface area contributed by atoms with Gasteiger partial charge in [-0.1, -0.05) is 33.6 Å². The molecule has 0 aromatic heterocycles. The number of nitrogens with two attached hydrogens (primary N) is 1. The average Bonchev–Trinajstić information content (AvgIpc) is 2.97. The Balaban J connectivity index is 1.66. The topological polar surface area (TPSA) is 43.1 Å². The van der Waals surface area contributed by atoms with Crippen molar-refractivity contribution in [1.82, 2.24) is 0 Å². The summed E-state index contributed by atoms with van der Waals surface area (Å²) in [4.78, 5) is 13.8. The lowest BCUT2D eigenvalue weighted by Gasteiger charge is -2.61. The van der Waals surface area contributed by atoms with E-state index < -0.39 is 0 Å². The molecule has 8 unspecified atom stereocenters. The van der Waals surface area contributed by atoms with Crippen molar-refractivity contribution in [2.75, 3.05) is 6.54 Å². The van der Waals surface area contributed by atoms with Gasteiger partial charge in [-0.3, -0.25) is 4.79 Å². The molecule has 148 valence electrons. The van der Waals surface area contributed by atoms with Gasteiger partial charge in [-0.05, 0) is 98.8 Å². The van der Waals surface area contributed by atoms with Crippen molar-refractivity contribution in [3.05, 3.63) is 0 Å². The first-order chi connectivity index (χ1) is 12.5. The van der Waals surface area contributed by atoms with Crippen LogP contribution in [-0.2, 0) is 4.79 Å². The van der Waals surface area contributed by atoms with E-state index in [0.717, 1.165) is 25.3 Å². The Bertz CT molecular complexity index is 544. The third-order valence-corrected chi connectivity index (χ3v) is 10.0. The van der Waals surface area contributed by atoms with E-state index in [2.05, 4.69) is 20.8 Å². The van der Waals surface area contributed by atoms with E-state index in [1.165, 1.54) is 57.8 Å². The van der Waals surface area contributed by atoms with Crippen LogP contribution in [0.25, 0.3) is 0 Å². The monoisotopic (exact) mass is 359 g/mol. The maximum atomic E-state index is 13.8. The summed E-state index contributed by atoms with van der Waals surface area (Å²) in [5, 5.41) is 0. The standard InChI is InChI=1S/C24H41NO/c1-4-17-18-9-5-6-13-24(18,3)20-12-14-23(2)16(8-7-15-25)10-11-19(23)21(20)22(17)26/h16-21H,4-15,25H2,1-3H3. The van der Waals surface area contributed by atoms with Crippen LogP contribution in [-0.4, -0.2) is 12.3 Å². The summed E-state index contributed by atoms with van der Waals surface area (Å²) in [5.41, 5.74) is 6.66. The molecule has 0 aromatic carbocycles. The predicted molar refractivity (Wildman–Crippen MR) is 108 cm³/mol. The van der Waals surface area contributed by atoms with Crippen molar-refractivity contribution in [3.63, 3.8) is 0 Å². The first-order valence-corrected chi connectivity index (χ1v) is 11.7. The molecule has 0 bridgehead atoms. The van der Waals surface area contributed by atoms with E-state index >= 15 is 0 Å². The Morgan fingerprint density at radius 3 is 2.46 bits per heavy atom. The highest BCUT2D eigenvalue weighted by atomic mass is 16.1. The lowest BCUT2D eigenvalue weighted by Crippen LogP contribution is -2.59. The minimum Gasteiger partial charge on any atom is -0.330 e. The van der Waals surface area contributed by atoms with E-state index in [9.17, 15) is 4.79 Å². The maximum absolute atomic E-state index is 13.8. The van der Waals surface area contributed by atoms with Gasteiger partial charge in [0.25, 0.3) is 0 Å². The Labute approximate surface area is 161 Å². The lowest BCUT2D eigenvalue weighted by atomic mass is 9.42. The van der Waals surface area contributed by atoms with Gasteiger partial charge < -0.3 is 5.73 Å². The van der Waals surface area contributed by atoms with Crippen molar-refractivity contribution in [2.24, 2.45) is 52.1 Å². The normalized spacial score (nSPS) is 50.8. The number of carbonyl (C=O) groups excluding carboxylic acids is 1. The fraction of sp³-hybridized carbons (Fsp3) is 0.958. The molecule has 4 aliphatic carbocycles. The minimum atomic E-state index is 0.354. The molecule has 4 rings (SSSR count). The summed E-state index contributed by atoms with van der Waals surface area (Å²) in [6, 6.07) is 0. The SMILES string of the molecule is CCC1C(=O)C2C3CCC(CCCN)C3(C)CCC2C2(C)CCCCC12. The number of carbonyl (C=O) groups is 1. The minimum absolute atomic E-state index is 0.354. The van der Waals surface area contributed by atoms with E-state index in [-0.39, 0.29) is 0 Å². The molecule has 4 fully saturated rings. The van der Waals surface area contributed by atoms with Crippen LogP contribution >= 0.6 is 0 Å². The van der Waals surface area contributed by atoms with Gasteiger partial charge >= 0.3 is 0 Å². The van der Waals surface area contributed by atoms with E-state index in [1.807, 2.05) is 0 Å². The molecule has 0 spiro atoms. The zero-order chi connectivity index (χ0) is 18.5. The van der Waals surface area contributed by atoms with Crippen LogP contribution in [0.4, 0.5) is 0 Å². The second-order valence-corrected chi connectivity index (χ2v) is 10.8. The van der Waals surface area contributed by atoms with Gasteiger partial charge in [0.15, 0.2) is 0 Å². The molecule has 4 saturated carbocycles. The summed E-state index contributed by atoms with van der Waals surface area (Å²) in [7, 11) is 0. The molecule has 0 amide bonds. The molecule has 0 aromatic rings. The Morgan fingerprint density at radius 2 is 1.73 bits per heavy atom. The van der Waals surface area contributed by atoms with E-state index in [4.69, 9.17) is 5.73 Å². The molecule has 0 radical (unpaired) electrons. The maximum Gasteiger partial charge on any atom is 0.139 e. The Kier molecular flexibility index (Phi) is 5.04. The van der Waals surface area contributed by atoms with Gasteiger partial charge in [0.1, 0.15) is 5.78 Å². The largest absolute Gasteiger partial charge is 0.330 e. The number of hydrogen-bond donors (Lipinski definition) is 1. The molecule has 2 N–H and O–H groups in total. The summed E-state index contributed by atoms with van der Waals surface area (Å²) >= 11 is 0. The van der Waals surface area contributed by atoms with Gasteiger partial charge in [-0.25, -0.2) is 0 Å². The highest BCUT2D eigenvalue weighted by Gasteiger charge is 2.63. The Hall–Kier alpha value is -0.370. The van der Waals surface area contributed by atoms with Crippen LogP contribution in [0.3, 0.4) is 0 Å². The van der Waals surface area contributed by atoms with Crippen molar-refractivity contribution in [3.8, 4) is 0 Å². The third-order valence-electron chi connectivity index (χ3n) is 10.0. The fourth-order valence-electron chi connectivity index (χ4n) is 8.66. The molecule has 2 nitrogen and oxygen atoms in total. The van der Waals surface area contributed by atoms with Gasteiger partial charge in [0, 0.05) is 11.8 Å². The van der Waals surface area contributed by atoms with Crippen LogP contribution in [0.2, 0.25) is 0 Å². The van der Waals surface area contributed by atoms with Crippen LogP contribution in [0.5, 0.6) is 0 Å². The molecule has 0 aliphatic heterocycles. The van der Waals surface area contributed by atoms with Crippen LogP contribution in [0, 0.1) is 46.3 Å². The third kappa shape index (κ3) is 2.57. The summed E-state index contributed by atoms with van der Waals surface area (Å²) in [5.74, 6) is 4.24. The van der Waals surface area contributed by atoms with E-state index in [0.29, 0.717) is 46.2 Å². The first-order valence-electron chi connectivity index (χ1n) is 11.7. The van der Waals surface area contributed by atoms with Crippen LogP contribution < -0.4 is 5.73 Å². The number of fused-ring (bicyclic) bond motifs is 5. The molecule has 2 heteroatoms. The molecule has 8 atom stereocenters. The zero-order valence-electron chi connectivity index (χ0n) is 17.4. The number of hydrogen-bond acceptors (Lipinski definition) is 2. The highest BCUT2D eigenvalue weighted by molar-refractivity contribution is 5.86. The van der Waals surface area contributed by atoms with E-state index in [1.54, 1.807) is 0 Å². The van der Waals surface area contributed by atoms with Crippen LogP contribution in [0.1, 0.15) is 91.4 Å². The van der Waals surface area contributed by atoms with Gasteiger partial charge in [-0.15, -0.1) is 0 Å². The molecular weight excluding hydrogens is 318 g/mol. The van der Waals surface area contributed by atoms with Gasteiger partial charge in [0.2, 0.25) is 0 Å². The fourth-order valence-corrected chi connectivity index (χ4v) is 8.66. The van der Waals surface area contributed by atoms with Gasteiger partial charge in [-0.2, -0.15) is 0 Å². The Morgan fingerprint density at radius 1 is 0.962 bits per heavy atom. The summed E-state index contributed by atoms with van der Waals surface area (Å²) in [6.07, 6.45) is 14.3.